The van der Waals surface area contributed by atoms with E-state index in [2.05, 4.69) is 21.2 Å². The lowest BCUT2D eigenvalue weighted by atomic mass is 10.2. The molecule has 0 aliphatic carbocycles. The molecule has 2 aromatic rings. The van der Waals surface area contributed by atoms with Gasteiger partial charge in [-0.2, -0.15) is 0 Å². The molecule has 0 aromatic heterocycles. The number of ether oxygens (including phenoxy) is 1. The summed E-state index contributed by atoms with van der Waals surface area (Å²) >= 11 is 3.50. The first kappa shape index (κ1) is 12.8. The van der Waals surface area contributed by atoms with Gasteiger partial charge < -0.3 is 15.2 Å². The third kappa shape index (κ3) is 3.17. The maximum atomic E-state index is 9.38. The number of benzene rings is 2. The molecule has 0 aliphatic heterocycles. The highest BCUT2D eigenvalue weighted by Crippen LogP contribution is 2.24. The molecule has 18 heavy (non-hydrogen) atoms. The van der Waals surface area contributed by atoms with Crippen molar-refractivity contribution in [1.82, 2.24) is 0 Å². The monoisotopic (exact) mass is 307 g/mol. The molecule has 0 amide bonds. The first-order valence-electron chi connectivity index (χ1n) is 5.54. The fraction of sp³-hybridized carbons (Fsp3) is 0.143. The van der Waals surface area contributed by atoms with Crippen molar-refractivity contribution < 1.29 is 9.84 Å². The molecular formula is C14H14BrNO2. The number of phenols is 1. The van der Waals surface area contributed by atoms with Crippen molar-refractivity contribution in [1.29, 1.82) is 0 Å². The van der Waals surface area contributed by atoms with E-state index in [0.717, 1.165) is 21.5 Å². The number of hydrogen-bond acceptors (Lipinski definition) is 3. The Morgan fingerprint density at radius 2 is 2.06 bits per heavy atom. The molecule has 3 nitrogen and oxygen atoms in total. The van der Waals surface area contributed by atoms with Crippen molar-refractivity contribution >= 4 is 21.6 Å². The molecular weight excluding hydrogens is 294 g/mol. The maximum Gasteiger partial charge on any atom is 0.119 e. The Morgan fingerprint density at radius 1 is 1.22 bits per heavy atom. The van der Waals surface area contributed by atoms with E-state index in [1.807, 2.05) is 24.3 Å². The minimum Gasteiger partial charge on any atom is -0.508 e. The summed E-state index contributed by atoms with van der Waals surface area (Å²) in [7, 11) is 1.65. The van der Waals surface area contributed by atoms with Gasteiger partial charge in [-0.05, 0) is 35.9 Å². The quantitative estimate of drug-likeness (QED) is 0.903. The largest absolute Gasteiger partial charge is 0.508 e. The Morgan fingerprint density at radius 3 is 2.78 bits per heavy atom. The van der Waals surface area contributed by atoms with E-state index in [0.29, 0.717) is 6.54 Å². The molecule has 0 saturated carbocycles. The first-order valence-corrected chi connectivity index (χ1v) is 6.33. The smallest absolute Gasteiger partial charge is 0.119 e. The number of anilines is 1. The van der Waals surface area contributed by atoms with Crippen molar-refractivity contribution in [3.05, 3.63) is 52.5 Å². The van der Waals surface area contributed by atoms with Gasteiger partial charge in [-0.15, -0.1) is 0 Å². The molecule has 2 rings (SSSR count). The molecule has 0 atom stereocenters. The van der Waals surface area contributed by atoms with Gasteiger partial charge >= 0.3 is 0 Å². The number of aromatic hydroxyl groups is 1. The normalized spacial score (nSPS) is 10.1. The highest BCUT2D eigenvalue weighted by atomic mass is 79.9. The van der Waals surface area contributed by atoms with E-state index in [9.17, 15) is 5.11 Å². The van der Waals surface area contributed by atoms with Crippen LogP contribution >= 0.6 is 15.9 Å². The minimum absolute atomic E-state index is 0.254. The second-order valence-corrected chi connectivity index (χ2v) is 4.72. The van der Waals surface area contributed by atoms with Crippen molar-refractivity contribution in [2.24, 2.45) is 0 Å². The zero-order valence-electron chi connectivity index (χ0n) is 9.98. The zero-order valence-corrected chi connectivity index (χ0v) is 11.6. The van der Waals surface area contributed by atoms with E-state index in [1.165, 1.54) is 0 Å². The third-order valence-electron chi connectivity index (χ3n) is 2.58. The van der Waals surface area contributed by atoms with Crippen molar-refractivity contribution in [2.45, 2.75) is 6.54 Å². The van der Waals surface area contributed by atoms with Crippen molar-refractivity contribution in [3.63, 3.8) is 0 Å². The third-order valence-corrected chi connectivity index (χ3v) is 3.36. The Kier molecular flexibility index (Phi) is 4.10. The van der Waals surface area contributed by atoms with Crippen LogP contribution in [0.2, 0.25) is 0 Å². The van der Waals surface area contributed by atoms with Gasteiger partial charge in [-0.3, -0.25) is 0 Å². The topological polar surface area (TPSA) is 41.5 Å². The summed E-state index contributed by atoms with van der Waals surface area (Å²) < 4.78 is 6.22. The van der Waals surface area contributed by atoms with Crippen molar-refractivity contribution in [3.8, 4) is 11.5 Å². The van der Waals surface area contributed by atoms with Crippen LogP contribution in [0, 0.1) is 0 Å². The second-order valence-electron chi connectivity index (χ2n) is 3.86. The van der Waals surface area contributed by atoms with E-state index < -0.39 is 0 Å². The highest BCUT2D eigenvalue weighted by molar-refractivity contribution is 9.10. The van der Waals surface area contributed by atoms with Gasteiger partial charge in [0.1, 0.15) is 11.5 Å². The standard InChI is InChI=1S/C14H14BrNO2/c1-18-13-5-6-14(15)10(7-13)9-16-11-3-2-4-12(17)8-11/h2-8,16-17H,9H2,1H3. The molecule has 0 aliphatic rings. The number of hydrogen-bond donors (Lipinski definition) is 2. The van der Waals surface area contributed by atoms with Crippen LogP contribution in [0.5, 0.6) is 11.5 Å². The van der Waals surface area contributed by atoms with Gasteiger partial charge in [0.2, 0.25) is 0 Å². The van der Waals surface area contributed by atoms with Gasteiger partial charge in [0.25, 0.3) is 0 Å². The Balaban J connectivity index is 2.10. The molecule has 0 bridgehead atoms. The van der Waals surface area contributed by atoms with E-state index in [1.54, 1.807) is 25.3 Å². The lowest BCUT2D eigenvalue weighted by molar-refractivity contribution is 0.414. The summed E-state index contributed by atoms with van der Waals surface area (Å²) in [5, 5.41) is 12.6. The Labute approximate surface area is 115 Å². The summed E-state index contributed by atoms with van der Waals surface area (Å²) in [6.45, 7) is 0.654. The molecule has 2 N–H and O–H groups in total. The van der Waals surface area contributed by atoms with E-state index in [4.69, 9.17) is 4.74 Å². The average molecular weight is 308 g/mol. The summed E-state index contributed by atoms with van der Waals surface area (Å²) in [6, 6.07) is 12.9. The van der Waals surface area contributed by atoms with Crippen LogP contribution in [0.15, 0.2) is 46.9 Å². The average Bonchev–Trinajstić information content (AvgIpc) is 2.38. The van der Waals surface area contributed by atoms with E-state index in [-0.39, 0.29) is 5.75 Å². The SMILES string of the molecule is COc1ccc(Br)c(CNc2cccc(O)c2)c1. The maximum absolute atomic E-state index is 9.38. The lowest BCUT2D eigenvalue weighted by Crippen LogP contribution is -2.00. The molecule has 0 fully saturated rings. The van der Waals surface area contributed by atoms with Crippen LogP contribution in [-0.4, -0.2) is 12.2 Å². The Bertz CT molecular complexity index is 543. The molecule has 0 unspecified atom stereocenters. The number of nitrogens with one attached hydrogen (secondary N) is 1. The van der Waals surface area contributed by atoms with Crippen LogP contribution in [0.3, 0.4) is 0 Å². The van der Waals surface area contributed by atoms with E-state index >= 15 is 0 Å². The molecule has 4 heteroatoms. The number of phenolic OH excluding ortho intramolecular Hbond substituents is 1. The predicted molar refractivity (Wildman–Crippen MR) is 76.1 cm³/mol. The van der Waals surface area contributed by atoms with Gasteiger partial charge in [0.15, 0.2) is 0 Å². The lowest BCUT2D eigenvalue weighted by Gasteiger charge is -2.10. The first-order chi connectivity index (χ1) is 8.69. The summed E-state index contributed by atoms with van der Waals surface area (Å²) in [5.74, 6) is 1.08. The summed E-state index contributed by atoms with van der Waals surface area (Å²) in [4.78, 5) is 0. The summed E-state index contributed by atoms with van der Waals surface area (Å²) in [6.07, 6.45) is 0. The van der Waals surface area contributed by atoms with Crippen LogP contribution in [0.1, 0.15) is 5.56 Å². The van der Waals surface area contributed by atoms with Crippen LogP contribution in [-0.2, 0) is 6.54 Å². The van der Waals surface area contributed by atoms with Gasteiger partial charge in [0, 0.05) is 22.8 Å². The molecule has 0 radical (unpaired) electrons. The molecule has 2 aromatic carbocycles. The second kappa shape index (κ2) is 5.78. The number of halogens is 1. The van der Waals surface area contributed by atoms with Gasteiger partial charge in [0.05, 0.1) is 7.11 Å². The molecule has 94 valence electrons. The summed E-state index contributed by atoms with van der Waals surface area (Å²) in [5.41, 5.74) is 1.97. The minimum atomic E-state index is 0.254. The Hall–Kier alpha value is -1.68. The zero-order chi connectivity index (χ0) is 13.0. The number of methoxy groups -OCH3 is 1. The molecule has 0 saturated heterocycles. The van der Waals surface area contributed by atoms with Crippen LogP contribution in [0.25, 0.3) is 0 Å². The number of rotatable bonds is 4. The van der Waals surface area contributed by atoms with Crippen LogP contribution in [0.4, 0.5) is 5.69 Å². The fourth-order valence-electron chi connectivity index (χ4n) is 1.63. The molecule has 0 heterocycles. The van der Waals surface area contributed by atoms with Crippen LogP contribution < -0.4 is 10.1 Å². The molecule has 0 spiro atoms. The van der Waals surface area contributed by atoms with Gasteiger partial charge in [-0.25, -0.2) is 0 Å². The predicted octanol–water partition coefficient (Wildman–Crippen LogP) is 3.78. The fourth-order valence-corrected chi connectivity index (χ4v) is 2.01. The highest BCUT2D eigenvalue weighted by Gasteiger charge is 2.02. The van der Waals surface area contributed by atoms with Crippen molar-refractivity contribution in [2.75, 3.05) is 12.4 Å². The van der Waals surface area contributed by atoms with Gasteiger partial charge in [-0.1, -0.05) is 22.0 Å².